The van der Waals surface area contributed by atoms with Gasteiger partial charge in [0.1, 0.15) is 0 Å². The molecule has 0 bridgehead atoms. The minimum Gasteiger partial charge on any atom is -0.371 e. The van der Waals surface area contributed by atoms with E-state index in [9.17, 15) is 0 Å². The van der Waals surface area contributed by atoms with Gasteiger partial charge >= 0.3 is 0 Å². The first-order valence-electron chi connectivity index (χ1n) is 6.98. The van der Waals surface area contributed by atoms with E-state index in [1.165, 1.54) is 44.6 Å². The molecule has 1 aromatic rings. The fourth-order valence-electron chi connectivity index (χ4n) is 3.37. The zero-order valence-corrected chi connectivity index (χ0v) is 10.7. The van der Waals surface area contributed by atoms with Gasteiger partial charge in [0.15, 0.2) is 0 Å². The second kappa shape index (κ2) is 4.69. The third kappa shape index (κ3) is 1.95. The Hall–Kier alpha value is -1.02. The van der Waals surface area contributed by atoms with E-state index in [2.05, 4.69) is 41.0 Å². The van der Waals surface area contributed by atoms with Gasteiger partial charge in [0.05, 0.1) is 0 Å². The minimum atomic E-state index is 0.677. The Bertz CT molecular complexity index is 382. The van der Waals surface area contributed by atoms with Crippen molar-refractivity contribution in [2.45, 2.75) is 32.2 Å². The van der Waals surface area contributed by atoms with Crippen molar-refractivity contribution in [3.05, 3.63) is 29.8 Å². The molecule has 92 valence electrons. The van der Waals surface area contributed by atoms with Gasteiger partial charge in [-0.25, -0.2) is 0 Å². The van der Waals surface area contributed by atoms with Gasteiger partial charge in [-0.1, -0.05) is 18.2 Å². The first kappa shape index (κ1) is 11.1. The highest BCUT2D eigenvalue weighted by Gasteiger charge is 2.29. The quantitative estimate of drug-likeness (QED) is 0.770. The van der Waals surface area contributed by atoms with Crippen molar-refractivity contribution in [3.63, 3.8) is 0 Å². The third-order valence-electron chi connectivity index (χ3n) is 4.27. The maximum absolute atomic E-state index is 2.69. The predicted molar refractivity (Wildman–Crippen MR) is 72.5 cm³/mol. The van der Waals surface area contributed by atoms with E-state index in [-0.39, 0.29) is 0 Å². The molecule has 0 spiro atoms. The summed E-state index contributed by atoms with van der Waals surface area (Å²) in [6, 6.07) is 9.67. The first-order chi connectivity index (χ1) is 8.40. The lowest BCUT2D eigenvalue weighted by molar-refractivity contribution is 0.229. The molecule has 1 unspecified atom stereocenters. The van der Waals surface area contributed by atoms with Crippen LogP contribution in [-0.2, 0) is 0 Å². The van der Waals surface area contributed by atoms with Gasteiger partial charge in [0.2, 0.25) is 0 Å². The molecule has 2 aliphatic rings. The van der Waals surface area contributed by atoms with Crippen molar-refractivity contribution in [3.8, 4) is 0 Å². The molecule has 0 amide bonds. The molecule has 1 saturated heterocycles. The van der Waals surface area contributed by atoms with Crippen LogP contribution in [0.5, 0.6) is 0 Å². The summed E-state index contributed by atoms with van der Waals surface area (Å²) in [5, 5.41) is 0. The molecule has 2 nitrogen and oxygen atoms in total. The second-order valence-corrected chi connectivity index (χ2v) is 5.19. The Morgan fingerprint density at radius 2 is 1.88 bits per heavy atom. The number of nitrogens with zero attached hydrogens (tertiary/aromatic N) is 2. The molecule has 1 atom stereocenters. The third-order valence-corrected chi connectivity index (χ3v) is 4.27. The van der Waals surface area contributed by atoms with Crippen LogP contribution in [0, 0.1) is 0 Å². The van der Waals surface area contributed by atoms with Crippen LogP contribution in [-0.4, -0.2) is 31.1 Å². The zero-order valence-electron chi connectivity index (χ0n) is 10.7. The van der Waals surface area contributed by atoms with E-state index < -0.39 is 0 Å². The van der Waals surface area contributed by atoms with Crippen molar-refractivity contribution < 1.29 is 0 Å². The van der Waals surface area contributed by atoms with Crippen molar-refractivity contribution in [1.82, 2.24) is 4.90 Å². The predicted octanol–water partition coefficient (Wildman–Crippen LogP) is 3.05. The molecule has 0 saturated carbocycles. The van der Waals surface area contributed by atoms with Crippen LogP contribution < -0.4 is 4.90 Å². The Morgan fingerprint density at radius 1 is 1.12 bits per heavy atom. The van der Waals surface area contributed by atoms with E-state index in [0.717, 1.165) is 6.54 Å². The van der Waals surface area contributed by atoms with Crippen molar-refractivity contribution in [2.75, 3.05) is 31.1 Å². The fourth-order valence-corrected chi connectivity index (χ4v) is 3.37. The van der Waals surface area contributed by atoms with Crippen molar-refractivity contribution >= 4 is 5.69 Å². The van der Waals surface area contributed by atoms with Crippen LogP contribution in [0.4, 0.5) is 5.69 Å². The van der Waals surface area contributed by atoms with Gasteiger partial charge in [-0.15, -0.1) is 0 Å². The van der Waals surface area contributed by atoms with Crippen molar-refractivity contribution in [1.29, 1.82) is 0 Å². The monoisotopic (exact) mass is 230 g/mol. The maximum atomic E-state index is 2.69. The zero-order chi connectivity index (χ0) is 11.7. The summed E-state index contributed by atoms with van der Waals surface area (Å²) >= 11 is 0. The first-order valence-corrected chi connectivity index (χ1v) is 6.98. The molecular formula is C15H22N2. The molecule has 0 N–H and O–H groups in total. The summed E-state index contributed by atoms with van der Waals surface area (Å²) in [5.74, 6) is 0. The Kier molecular flexibility index (Phi) is 3.06. The fraction of sp³-hybridized carbons (Fsp3) is 0.600. The molecule has 0 aliphatic carbocycles. The highest BCUT2D eigenvalue weighted by molar-refractivity contribution is 5.56. The molecule has 0 aromatic heterocycles. The molecule has 1 fully saturated rings. The van der Waals surface area contributed by atoms with Crippen LogP contribution in [0.25, 0.3) is 0 Å². The maximum Gasteiger partial charge on any atom is 0.0414 e. The second-order valence-electron chi connectivity index (χ2n) is 5.19. The highest BCUT2D eigenvalue weighted by atomic mass is 15.2. The lowest BCUT2D eigenvalue weighted by atomic mass is 9.95. The molecule has 1 aromatic carbocycles. The number of benzene rings is 1. The van der Waals surface area contributed by atoms with E-state index in [4.69, 9.17) is 0 Å². The van der Waals surface area contributed by atoms with Gasteiger partial charge < -0.3 is 4.90 Å². The summed E-state index contributed by atoms with van der Waals surface area (Å²) in [4.78, 5) is 5.20. The van der Waals surface area contributed by atoms with E-state index in [1.54, 1.807) is 5.56 Å². The van der Waals surface area contributed by atoms with Gasteiger partial charge in [-0.2, -0.15) is 0 Å². The number of para-hydroxylation sites is 1. The van der Waals surface area contributed by atoms with Crippen LogP contribution in [0.3, 0.4) is 0 Å². The van der Waals surface area contributed by atoms with Gasteiger partial charge in [0.25, 0.3) is 0 Å². The summed E-state index contributed by atoms with van der Waals surface area (Å²) < 4.78 is 0. The summed E-state index contributed by atoms with van der Waals surface area (Å²) in [6.07, 6.45) is 4.07. The Morgan fingerprint density at radius 3 is 2.65 bits per heavy atom. The van der Waals surface area contributed by atoms with Crippen LogP contribution in [0.15, 0.2) is 24.3 Å². The normalized spacial score (nSPS) is 25.0. The largest absolute Gasteiger partial charge is 0.371 e. The van der Waals surface area contributed by atoms with E-state index >= 15 is 0 Å². The molecule has 2 aliphatic heterocycles. The van der Waals surface area contributed by atoms with E-state index in [0.29, 0.717) is 6.04 Å². The average Bonchev–Trinajstić information content (AvgIpc) is 2.91. The van der Waals surface area contributed by atoms with Crippen LogP contribution in [0.1, 0.15) is 37.8 Å². The lowest BCUT2D eigenvalue weighted by Crippen LogP contribution is -2.37. The Balaban J connectivity index is 1.92. The number of fused-ring (bicyclic) bond motifs is 1. The summed E-state index contributed by atoms with van der Waals surface area (Å²) in [7, 11) is 0. The molecular weight excluding hydrogens is 208 g/mol. The van der Waals surface area contributed by atoms with Gasteiger partial charge in [-0.3, -0.25) is 4.90 Å². The number of hydrogen-bond donors (Lipinski definition) is 0. The molecule has 3 rings (SSSR count). The van der Waals surface area contributed by atoms with Gasteiger partial charge in [0, 0.05) is 24.8 Å². The molecule has 2 heteroatoms. The summed E-state index contributed by atoms with van der Waals surface area (Å²) in [6.45, 7) is 7.20. The lowest BCUT2D eigenvalue weighted by Gasteiger charge is -2.39. The van der Waals surface area contributed by atoms with Crippen LogP contribution >= 0.6 is 0 Å². The average molecular weight is 230 g/mol. The standard InChI is InChI=1S/C15H22N2/c1-2-16-12-9-15(17-10-5-6-11-17)13-7-3-4-8-14(13)16/h3-4,7-8,15H,2,5-6,9-12H2,1H3. The van der Waals surface area contributed by atoms with Gasteiger partial charge in [-0.05, 0) is 50.9 Å². The molecule has 17 heavy (non-hydrogen) atoms. The van der Waals surface area contributed by atoms with Crippen molar-refractivity contribution in [2.24, 2.45) is 0 Å². The van der Waals surface area contributed by atoms with E-state index in [1.807, 2.05) is 0 Å². The molecule has 2 heterocycles. The SMILES string of the molecule is CCN1CCC(N2CCCC2)c2ccccc21. The topological polar surface area (TPSA) is 6.48 Å². The number of likely N-dealkylation sites (tertiary alicyclic amines) is 1. The smallest absolute Gasteiger partial charge is 0.0414 e. The Labute approximate surface area is 104 Å². The summed E-state index contributed by atoms with van der Waals surface area (Å²) in [5.41, 5.74) is 3.03. The van der Waals surface area contributed by atoms with Crippen LogP contribution in [0.2, 0.25) is 0 Å². The highest BCUT2D eigenvalue weighted by Crippen LogP contribution is 2.38. The minimum absolute atomic E-state index is 0.677. The number of anilines is 1. The number of rotatable bonds is 2. The molecule has 0 radical (unpaired) electrons. The number of hydrogen-bond acceptors (Lipinski definition) is 2.